The standard InChI is InChI=1S/C19H28BNO4/c1-6-8-15(12-18(2,3)21-17(22)23)14-9-7-10-16(11-14)20-24-13-19(4,5)25-20/h6-7,9-11,15,21H,1,8,12-13H2,2-5H3,(H,22,23)/t15-/m0/s1. The molecule has 25 heavy (non-hydrogen) atoms. The summed E-state index contributed by atoms with van der Waals surface area (Å²) >= 11 is 0. The molecule has 0 aromatic heterocycles. The summed E-state index contributed by atoms with van der Waals surface area (Å²) in [5.41, 5.74) is 1.31. The summed E-state index contributed by atoms with van der Waals surface area (Å²) in [7, 11) is -0.357. The summed E-state index contributed by atoms with van der Waals surface area (Å²) in [4.78, 5) is 11.0. The first-order chi connectivity index (χ1) is 11.6. The van der Waals surface area contributed by atoms with E-state index in [9.17, 15) is 4.79 Å². The quantitative estimate of drug-likeness (QED) is 0.588. The van der Waals surface area contributed by atoms with Gasteiger partial charge in [0.25, 0.3) is 0 Å². The van der Waals surface area contributed by atoms with Crippen molar-refractivity contribution in [2.75, 3.05) is 6.61 Å². The number of hydrogen-bond acceptors (Lipinski definition) is 3. The van der Waals surface area contributed by atoms with E-state index in [1.165, 1.54) is 0 Å². The lowest BCUT2D eigenvalue weighted by atomic mass is 9.76. The molecule has 1 fully saturated rings. The largest absolute Gasteiger partial charge is 0.494 e. The van der Waals surface area contributed by atoms with Gasteiger partial charge in [-0.3, -0.25) is 0 Å². The molecule has 1 aliphatic rings. The topological polar surface area (TPSA) is 67.8 Å². The molecule has 136 valence electrons. The average molecular weight is 345 g/mol. The Labute approximate surface area is 150 Å². The zero-order valence-corrected chi connectivity index (χ0v) is 15.5. The van der Waals surface area contributed by atoms with Crippen LogP contribution in [0.25, 0.3) is 0 Å². The molecule has 0 unspecified atom stereocenters. The molecule has 0 aliphatic carbocycles. The Kier molecular flexibility index (Phi) is 5.96. The van der Waals surface area contributed by atoms with Crippen LogP contribution in [0.1, 0.15) is 52.0 Å². The number of nitrogens with one attached hydrogen (secondary N) is 1. The molecule has 0 radical (unpaired) electrons. The lowest BCUT2D eigenvalue weighted by Crippen LogP contribution is -2.43. The molecule has 2 N–H and O–H groups in total. The second-order valence-corrected chi connectivity index (χ2v) is 7.93. The third-order valence-electron chi connectivity index (χ3n) is 4.32. The smallest absolute Gasteiger partial charge is 0.465 e. The van der Waals surface area contributed by atoms with E-state index in [0.717, 1.165) is 17.4 Å². The van der Waals surface area contributed by atoms with Gasteiger partial charge >= 0.3 is 13.2 Å². The van der Waals surface area contributed by atoms with Gasteiger partial charge in [-0.1, -0.05) is 30.3 Å². The van der Waals surface area contributed by atoms with E-state index in [-0.39, 0.29) is 18.6 Å². The molecule has 1 aromatic rings. The number of rotatable bonds is 7. The number of carbonyl (C=O) groups is 1. The van der Waals surface area contributed by atoms with Crippen molar-refractivity contribution in [1.82, 2.24) is 5.32 Å². The zero-order valence-electron chi connectivity index (χ0n) is 15.5. The van der Waals surface area contributed by atoms with Crippen molar-refractivity contribution in [2.45, 2.75) is 57.6 Å². The average Bonchev–Trinajstić information content (AvgIpc) is 2.85. The van der Waals surface area contributed by atoms with Crippen LogP contribution >= 0.6 is 0 Å². The molecule has 0 bridgehead atoms. The van der Waals surface area contributed by atoms with Gasteiger partial charge in [0, 0.05) is 5.54 Å². The number of amides is 1. The van der Waals surface area contributed by atoms with Gasteiger partial charge in [0.1, 0.15) is 0 Å². The first-order valence-electron chi connectivity index (χ1n) is 8.63. The molecule has 6 heteroatoms. The third kappa shape index (κ3) is 5.61. The van der Waals surface area contributed by atoms with Crippen LogP contribution in [-0.4, -0.2) is 36.1 Å². The van der Waals surface area contributed by atoms with Gasteiger partial charge in [0.15, 0.2) is 0 Å². The van der Waals surface area contributed by atoms with Gasteiger partial charge in [0.05, 0.1) is 12.2 Å². The molecule has 0 saturated carbocycles. The zero-order chi connectivity index (χ0) is 18.7. The van der Waals surface area contributed by atoms with Crippen LogP contribution in [0.5, 0.6) is 0 Å². The van der Waals surface area contributed by atoms with Gasteiger partial charge < -0.3 is 19.7 Å². The molecule has 1 aromatic carbocycles. The van der Waals surface area contributed by atoms with Crippen LogP contribution in [0, 0.1) is 0 Å². The molecule has 1 atom stereocenters. The molecule has 0 spiro atoms. The van der Waals surface area contributed by atoms with Crippen LogP contribution in [0.2, 0.25) is 0 Å². The Morgan fingerprint density at radius 3 is 2.80 bits per heavy atom. The minimum absolute atomic E-state index is 0.161. The molecule has 1 saturated heterocycles. The highest BCUT2D eigenvalue weighted by molar-refractivity contribution is 6.61. The van der Waals surface area contributed by atoms with Crippen LogP contribution in [0.4, 0.5) is 4.79 Å². The van der Waals surface area contributed by atoms with Gasteiger partial charge in [0.2, 0.25) is 0 Å². The normalized spacial score (nSPS) is 18.0. The Bertz CT molecular complexity index is 630. The summed E-state index contributed by atoms with van der Waals surface area (Å²) in [5.74, 6) is 0.161. The maximum absolute atomic E-state index is 11.0. The van der Waals surface area contributed by atoms with Crippen molar-refractivity contribution in [3.63, 3.8) is 0 Å². The van der Waals surface area contributed by atoms with Gasteiger partial charge in [-0.05, 0) is 57.5 Å². The Morgan fingerprint density at radius 1 is 1.52 bits per heavy atom. The lowest BCUT2D eigenvalue weighted by Gasteiger charge is -2.30. The van der Waals surface area contributed by atoms with E-state index < -0.39 is 11.6 Å². The lowest BCUT2D eigenvalue weighted by molar-refractivity contribution is 0.137. The first kappa shape index (κ1) is 19.5. The molecule has 2 rings (SSSR count). The molecular weight excluding hydrogens is 317 g/mol. The fourth-order valence-corrected chi connectivity index (χ4v) is 3.25. The maximum atomic E-state index is 11.0. The molecule has 1 amide bonds. The summed E-state index contributed by atoms with van der Waals surface area (Å²) in [5, 5.41) is 11.6. The SMILES string of the molecule is C=CC[C@@H](CC(C)(C)NC(=O)O)c1cccc(B2OCC(C)(C)O2)c1. The van der Waals surface area contributed by atoms with Crippen LogP contribution < -0.4 is 10.8 Å². The highest BCUT2D eigenvalue weighted by atomic mass is 16.7. The van der Waals surface area contributed by atoms with Crippen LogP contribution in [-0.2, 0) is 9.31 Å². The second-order valence-electron chi connectivity index (χ2n) is 7.93. The predicted molar refractivity (Wildman–Crippen MR) is 100 cm³/mol. The minimum Gasteiger partial charge on any atom is -0.465 e. The number of benzene rings is 1. The molecule has 1 aliphatic heterocycles. The van der Waals surface area contributed by atoms with E-state index >= 15 is 0 Å². The Balaban J connectivity index is 2.19. The fourth-order valence-electron chi connectivity index (χ4n) is 3.25. The fraction of sp³-hybridized carbons (Fsp3) is 0.526. The van der Waals surface area contributed by atoms with Gasteiger partial charge in [-0.25, -0.2) is 4.79 Å². The highest BCUT2D eigenvalue weighted by Gasteiger charge is 2.38. The summed E-state index contributed by atoms with van der Waals surface area (Å²) in [6.45, 7) is 12.2. The molecule has 1 heterocycles. The van der Waals surface area contributed by atoms with Crippen molar-refractivity contribution in [1.29, 1.82) is 0 Å². The molecular formula is C19H28BNO4. The van der Waals surface area contributed by atoms with E-state index in [2.05, 4.69) is 24.0 Å². The van der Waals surface area contributed by atoms with Gasteiger partial charge in [-0.15, -0.1) is 6.58 Å². The summed E-state index contributed by atoms with van der Waals surface area (Å²) in [6.07, 6.45) is 2.31. The van der Waals surface area contributed by atoms with E-state index in [0.29, 0.717) is 13.0 Å². The van der Waals surface area contributed by atoms with Crippen molar-refractivity contribution in [3.05, 3.63) is 42.5 Å². The number of hydrogen-bond donors (Lipinski definition) is 2. The van der Waals surface area contributed by atoms with Crippen molar-refractivity contribution in [3.8, 4) is 0 Å². The van der Waals surface area contributed by atoms with E-state index in [1.807, 2.05) is 45.9 Å². The maximum Gasteiger partial charge on any atom is 0.494 e. The minimum atomic E-state index is -1.01. The van der Waals surface area contributed by atoms with Crippen molar-refractivity contribution >= 4 is 18.7 Å². The van der Waals surface area contributed by atoms with Crippen LogP contribution in [0.3, 0.4) is 0 Å². The predicted octanol–water partition coefficient (Wildman–Crippen LogP) is 3.30. The summed E-state index contributed by atoms with van der Waals surface area (Å²) in [6, 6.07) is 8.16. The van der Waals surface area contributed by atoms with Crippen molar-refractivity contribution in [2.24, 2.45) is 0 Å². The second kappa shape index (κ2) is 7.62. The highest BCUT2D eigenvalue weighted by Crippen LogP contribution is 2.29. The third-order valence-corrected chi connectivity index (χ3v) is 4.32. The first-order valence-corrected chi connectivity index (χ1v) is 8.63. The number of allylic oxidation sites excluding steroid dienone is 1. The van der Waals surface area contributed by atoms with Gasteiger partial charge in [-0.2, -0.15) is 0 Å². The number of carboxylic acid groups (broad SMARTS) is 1. The monoisotopic (exact) mass is 345 g/mol. The van der Waals surface area contributed by atoms with Crippen molar-refractivity contribution < 1.29 is 19.2 Å². The molecule has 5 nitrogen and oxygen atoms in total. The van der Waals surface area contributed by atoms with E-state index in [1.54, 1.807) is 0 Å². The Hall–Kier alpha value is -1.79. The Morgan fingerprint density at radius 2 is 2.24 bits per heavy atom. The van der Waals surface area contributed by atoms with Crippen LogP contribution in [0.15, 0.2) is 36.9 Å². The van der Waals surface area contributed by atoms with E-state index in [4.69, 9.17) is 14.4 Å². The summed E-state index contributed by atoms with van der Waals surface area (Å²) < 4.78 is 11.7.